The molecule has 0 bridgehead atoms. The van der Waals surface area contributed by atoms with E-state index in [0.29, 0.717) is 24.1 Å². The molecule has 3 aromatic carbocycles. The second kappa shape index (κ2) is 14.3. The first-order chi connectivity index (χ1) is 17.9. The molecule has 0 aliphatic heterocycles. The van der Waals surface area contributed by atoms with E-state index in [-0.39, 0.29) is 48.9 Å². The maximum absolute atomic E-state index is 13.6. The van der Waals surface area contributed by atoms with Crippen LogP contribution in [0, 0.1) is 5.41 Å². The van der Waals surface area contributed by atoms with Crippen LogP contribution in [0.15, 0.2) is 72.8 Å². The number of aromatic nitrogens is 2. The molecule has 0 unspecified atom stereocenters. The Morgan fingerprint density at radius 1 is 0.974 bits per heavy atom. The molecule has 0 radical (unpaired) electrons. The summed E-state index contributed by atoms with van der Waals surface area (Å²) in [6, 6.07) is 22.7. The molecule has 0 saturated carbocycles. The Morgan fingerprint density at radius 2 is 1.64 bits per heavy atom. The van der Waals surface area contributed by atoms with Crippen molar-refractivity contribution in [2.45, 2.75) is 25.7 Å². The molecule has 10 heteroatoms. The third-order valence-corrected chi connectivity index (χ3v) is 6.43. The molecule has 1 heterocycles. The van der Waals surface area contributed by atoms with Gasteiger partial charge in [0.1, 0.15) is 11.7 Å². The Bertz CT molecular complexity index is 1420. The van der Waals surface area contributed by atoms with Crippen LogP contribution in [-0.4, -0.2) is 40.9 Å². The van der Waals surface area contributed by atoms with Crippen LogP contribution >= 0.6 is 24.8 Å². The fourth-order valence-corrected chi connectivity index (χ4v) is 4.31. The van der Waals surface area contributed by atoms with Crippen LogP contribution < -0.4 is 10.6 Å². The minimum absolute atomic E-state index is 0. The van der Waals surface area contributed by atoms with E-state index in [9.17, 15) is 9.59 Å². The third kappa shape index (κ3) is 7.59. The predicted molar refractivity (Wildman–Crippen MR) is 159 cm³/mol. The zero-order valence-corrected chi connectivity index (χ0v) is 23.6. The number of ether oxygens (including phenoxy) is 1. The van der Waals surface area contributed by atoms with E-state index in [1.807, 2.05) is 79.8 Å². The second-order valence-electron chi connectivity index (χ2n) is 8.87. The van der Waals surface area contributed by atoms with Gasteiger partial charge in [0.05, 0.1) is 18.1 Å². The maximum atomic E-state index is 13.6. The minimum Gasteiger partial charge on any atom is -0.469 e. The molecule has 206 valence electrons. The molecule has 1 amide bonds. The first kappa shape index (κ1) is 31.3. The van der Waals surface area contributed by atoms with Gasteiger partial charge in [-0.3, -0.25) is 15.0 Å². The Labute approximate surface area is 240 Å². The number of carbonyl (C=O) groups is 2. The topological polar surface area (TPSA) is 114 Å². The molecule has 0 aliphatic rings. The summed E-state index contributed by atoms with van der Waals surface area (Å²) in [6.45, 7) is 0.395. The number of carbonyl (C=O) groups excluding carboxylic acids is 2. The Hall–Kier alpha value is -3.88. The van der Waals surface area contributed by atoms with Crippen molar-refractivity contribution < 1.29 is 14.3 Å². The third-order valence-electron chi connectivity index (χ3n) is 6.43. The highest BCUT2D eigenvalue weighted by Crippen LogP contribution is 2.22. The molecule has 4 rings (SSSR count). The first-order valence-electron chi connectivity index (χ1n) is 12.2. The monoisotopic (exact) mass is 569 g/mol. The lowest BCUT2D eigenvalue weighted by Crippen LogP contribution is -2.32. The SMILES string of the molecule is COC(=O)CCCN(C(=O)c1ccc2c(c1)nc(CCc1ccc(C(=N)N)cc1)n2C)c1ccccc1.Cl.Cl. The smallest absolute Gasteiger partial charge is 0.305 e. The number of nitrogens with two attached hydrogens (primary N) is 1. The van der Waals surface area contributed by atoms with Crippen molar-refractivity contribution in [3.8, 4) is 0 Å². The molecule has 4 aromatic rings. The van der Waals surface area contributed by atoms with Gasteiger partial charge in [0.2, 0.25) is 0 Å². The summed E-state index contributed by atoms with van der Waals surface area (Å²) >= 11 is 0. The predicted octanol–water partition coefficient (Wildman–Crippen LogP) is 5.09. The summed E-state index contributed by atoms with van der Waals surface area (Å²) in [4.78, 5) is 31.7. The number of aryl methyl sites for hydroxylation is 3. The average Bonchev–Trinajstić information content (AvgIpc) is 3.24. The highest BCUT2D eigenvalue weighted by molar-refractivity contribution is 6.07. The first-order valence-corrected chi connectivity index (χ1v) is 12.2. The van der Waals surface area contributed by atoms with Crippen LogP contribution in [0.2, 0.25) is 0 Å². The van der Waals surface area contributed by atoms with Crippen molar-refractivity contribution in [2.24, 2.45) is 12.8 Å². The van der Waals surface area contributed by atoms with E-state index in [1.54, 1.807) is 4.90 Å². The van der Waals surface area contributed by atoms with Gasteiger partial charge < -0.3 is 19.9 Å². The molecule has 39 heavy (non-hydrogen) atoms. The van der Waals surface area contributed by atoms with E-state index in [2.05, 4.69) is 4.57 Å². The molecule has 3 N–H and O–H groups in total. The number of para-hydroxylation sites is 1. The zero-order chi connectivity index (χ0) is 26.4. The van der Waals surface area contributed by atoms with Crippen LogP contribution in [0.5, 0.6) is 0 Å². The van der Waals surface area contributed by atoms with Gasteiger partial charge in [-0.2, -0.15) is 0 Å². The number of hydrogen-bond acceptors (Lipinski definition) is 5. The minimum atomic E-state index is -0.294. The standard InChI is InChI=1S/C29H31N5O3.2ClH/c1-33-25-16-15-22(29(36)34(18-6-9-27(35)37-2)23-7-4-3-5-8-23)19-24(25)32-26(33)17-12-20-10-13-21(14-11-20)28(30)31;;/h3-5,7-8,10-11,13-16,19H,6,9,12,17-18H2,1-2H3,(H3,30,31);2*1H. The lowest BCUT2D eigenvalue weighted by molar-refractivity contribution is -0.140. The fourth-order valence-electron chi connectivity index (χ4n) is 4.31. The number of nitrogen functional groups attached to an aromatic ring is 1. The summed E-state index contributed by atoms with van der Waals surface area (Å²) in [5.41, 5.74) is 10.4. The van der Waals surface area contributed by atoms with Gasteiger partial charge in [0.15, 0.2) is 0 Å². The van der Waals surface area contributed by atoms with E-state index < -0.39 is 0 Å². The number of amides is 1. The molecule has 0 atom stereocenters. The molecule has 0 fully saturated rings. The van der Waals surface area contributed by atoms with Crippen LogP contribution in [0.1, 0.15) is 40.2 Å². The number of amidine groups is 1. The Balaban J connectivity index is 0.00000267. The molecule has 8 nitrogen and oxygen atoms in total. The van der Waals surface area contributed by atoms with Crippen molar-refractivity contribution in [2.75, 3.05) is 18.6 Å². The number of nitrogens with one attached hydrogen (secondary N) is 1. The average molecular weight is 571 g/mol. The van der Waals surface area contributed by atoms with Crippen molar-refractivity contribution in [1.82, 2.24) is 9.55 Å². The largest absolute Gasteiger partial charge is 0.469 e. The molecule has 0 aliphatic carbocycles. The number of benzene rings is 3. The van der Waals surface area contributed by atoms with E-state index in [1.165, 1.54) is 7.11 Å². The van der Waals surface area contributed by atoms with Crippen molar-refractivity contribution >= 4 is 59.2 Å². The maximum Gasteiger partial charge on any atom is 0.305 e. The van der Waals surface area contributed by atoms with Gasteiger partial charge in [-0.15, -0.1) is 24.8 Å². The lowest BCUT2D eigenvalue weighted by Gasteiger charge is -2.23. The summed E-state index contributed by atoms with van der Waals surface area (Å²) in [5.74, 6) is 0.545. The molecular weight excluding hydrogens is 537 g/mol. The molecular formula is C29H33Cl2N5O3. The van der Waals surface area contributed by atoms with Gasteiger partial charge in [0, 0.05) is 43.2 Å². The van der Waals surface area contributed by atoms with Crippen molar-refractivity contribution in [1.29, 1.82) is 5.41 Å². The van der Waals surface area contributed by atoms with Gasteiger partial charge in [0.25, 0.3) is 5.91 Å². The number of methoxy groups -OCH3 is 1. The fraction of sp³-hybridized carbons (Fsp3) is 0.241. The normalized spacial score (nSPS) is 10.3. The second-order valence-corrected chi connectivity index (χ2v) is 8.87. The highest BCUT2D eigenvalue weighted by atomic mass is 35.5. The van der Waals surface area contributed by atoms with E-state index >= 15 is 0 Å². The van der Waals surface area contributed by atoms with E-state index in [4.69, 9.17) is 20.9 Å². The number of rotatable bonds is 10. The number of nitrogens with zero attached hydrogens (tertiary/aromatic N) is 3. The highest BCUT2D eigenvalue weighted by Gasteiger charge is 2.20. The molecule has 0 spiro atoms. The number of halogens is 2. The van der Waals surface area contributed by atoms with E-state index in [0.717, 1.165) is 41.0 Å². The zero-order valence-electron chi connectivity index (χ0n) is 21.9. The van der Waals surface area contributed by atoms with Gasteiger partial charge in [-0.1, -0.05) is 42.5 Å². The lowest BCUT2D eigenvalue weighted by atomic mass is 10.1. The number of fused-ring (bicyclic) bond motifs is 1. The molecule has 1 aromatic heterocycles. The van der Waals surface area contributed by atoms with Gasteiger partial charge in [-0.05, 0) is 48.7 Å². The van der Waals surface area contributed by atoms with Crippen LogP contribution in [0.25, 0.3) is 11.0 Å². The number of anilines is 1. The number of esters is 1. The summed E-state index contributed by atoms with van der Waals surface area (Å²) < 4.78 is 6.80. The van der Waals surface area contributed by atoms with Crippen LogP contribution in [0.4, 0.5) is 5.69 Å². The van der Waals surface area contributed by atoms with Crippen LogP contribution in [-0.2, 0) is 29.4 Å². The number of hydrogen-bond donors (Lipinski definition) is 2. The number of imidazole rings is 1. The van der Waals surface area contributed by atoms with Gasteiger partial charge >= 0.3 is 5.97 Å². The van der Waals surface area contributed by atoms with Crippen molar-refractivity contribution in [3.05, 3.63) is 95.3 Å². The van der Waals surface area contributed by atoms with Gasteiger partial charge in [-0.25, -0.2) is 4.98 Å². The summed E-state index contributed by atoms with van der Waals surface area (Å²) in [6.07, 6.45) is 2.27. The van der Waals surface area contributed by atoms with Crippen LogP contribution in [0.3, 0.4) is 0 Å². The Kier molecular flexibility index (Phi) is 11.5. The Morgan fingerprint density at radius 3 is 2.28 bits per heavy atom. The quantitative estimate of drug-likeness (QED) is 0.157. The summed E-state index contributed by atoms with van der Waals surface area (Å²) in [5, 5.41) is 7.53. The summed E-state index contributed by atoms with van der Waals surface area (Å²) in [7, 11) is 3.34. The molecule has 0 saturated heterocycles. The van der Waals surface area contributed by atoms with Crippen molar-refractivity contribution in [3.63, 3.8) is 0 Å².